The Hall–Kier alpha value is -1.89. The highest BCUT2D eigenvalue weighted by Crippen LogP contribution is 2.17. The topological polar surface area (TPSA) is 90.0 Å². The molecule has 2 amide bonds. The number of amides is 2. The summed E-state index contributed by atoms with van der Waals surface area (Å²) in [6.45, 7) is 14.0. The summed E-state index contributed by atoms with van der Waals surface area (Å²) in [4.78, 5) is 38.1. The molecule has 7 nitrogen and oxygen atoms in total. The van der Waals surface area contributed by atoms with Gasteiger partial charge in [-0.05, 0) is 51.1 Å². The second kappa shape index (κ2) is 14.2. The number of nitrogens with zero attached hydrogens (tertiary/aromatic N) is 2. The van der Waals surface area contributed by atoms with Gasteiger partial charge < -0.3 is 20.2 Å². The molecule has 0 aromatic rings. The first-order valence-corrected chi connectivity index (χ1v) is 11.0. The molecule has 0 radical (unpaired) electrons. The van der Waals surface area contributed by atoms with E-state index in [9.17, 15) is 14.4 Å². The summed E-state index contributed by atoms with van der Waals surface area (Å²) < 4.78 is 0. The Morgan fingerprint density at radius 1 is 1.23 bits per heavy atom. The van der Waals surface area contributed by atoms with Crippen LogP contribution in [0.25, 0.3) is 0 Å². The molecule has 174 valence electrons. The van der Waals surface area contributed by atoms with Crippen molar-refractivity contribution in [2.24, 2.45) is 17.8 Å². The average Bonchev–Trinajstić information content (AvgIpc) is 2.68. The van der Waals surface area contributed by atoms with Crippen molar-refractivity contribution in [2.45, 2.75) is 72.9 Å². The van der Waals surface area contributed by atoms with Gasteiger partial charge in [-0.15, -0.1) is 0 Å². The molecule has 0 saturated carbocycles. The van der Waals surface area contributed by atoms with Crippen LogP contribution in [0.2, 0.25) is 0 Å². The monoisotopic (exact) mass is 425 g/mol. The van der Waals surface area contributed by atoms with E-state index >= 15 is 0 Å². The van der Waals surface area contributed by atoms with E-state index in [0.29, 0.717) is 6.41 Å². The lowest BCUT2D eigenvalue weighted by molar-refractivity contribution is -0.137. The first kappa shape index (κ1) is 28.1. The number of nitrogens with one attached hydrogen (secondary N) is 1. The van der Waals surface area contributed by atoms with Crippen LogP contribution in [0.15, 0.2) is 11.6 Å². The second-order valence-corrected chi connectivity index (χ2v) is 9.02. The van der Waals surface area contributed by atoms with Gasteiger partial charge in [0.1, 0.15) is 6.04 Å². The van der Waals surface area contributed by atoms with Crippen molar-refractivity contribution >= 4 is 18.3 Å². The van der Waals surface area contributed by atoms with Crippen LogP contribution in [0, 0.1) is 17.8 Å². The van der Waals surface area contributed by atoms with Crippen molar-refractivity contribution in [3.05, 3.63) is 11.6 Å². The number of likely N-dealkylation sites (tertiary alicyclic amines) is 1. The van der Waals surface area contributed by atoms with E-state index in [4.69, 9.17) is 5.11 Å². The fourth-order valence-electron chi connectivity index (χ4n) is 3.67. The van der Waals surface area contributed by atoms with E-state index in [-0.39, 0.29) is 29.4 Å². The van der Waals surface area contributed by atoms with Gasteiger partial charge in [0.15, 0.2) is 0 Å². The quantitative estimate of drug-likeness (QED) is 0.438. The van der Waals surface area contributed by atoms with Gasteiger partial charge in [-0.1, -0.05) is 47.1 Å². The molecule has 0 spiro atoms. The van der Waals surface area contributed by atoms with Gasteiger partial charge in [-0.25, -0.2) is 4.79 Å². The molecule has 30 heavy (non-hydrogen) atoms. The number of likely N-dealkylation sites (N-methyl/N-ethyl adjacent to an activating group) is 1. The summed E-state index contributed by atoms with van der Waals surface area (Å²) in [7, 11) is 3.85. The minimum atomic E-state index is -1.01. The van der Waals surface area contributed by atoms with Crippen molar-refractivity contribution in [1.82, 2.24) is 15.1 Å². The minimum Gasteiger partial charge on any atom is -0.478 e. The second-order valence-electron chi connectivity index (χ2n) is 9.02. The maximum absolute atomic E-state index is 12.5. The zero-order chi connectivity index (χ0) is 23.4. The van der Waals surface area contributed by atoms with Crippen molar-refractivity contribution in [3.8, 4) is 0 Å². The molecule has 1 fully saturated rings. The van der Waals surface area contributed by atoms with Crippen LogP contribution in [-0.2, 0) is 14.4 Å². The summed E-state index contributed by atoms with van der Waals surface area (Å²) >= 11 is 0. The molecule has 3 atom stereocenters. The van der Waals surface area contributed by atoms with Gasteiger partial charge in [0, 0.05) is 19.2 Å². The number of carbonyl (C=O) groups excluding carboxylic acids is 2. The van der Waals surface area contributed by atoms with Crippen LogP contribution in [0.5, 0.6) is 0 Å². The van der Waals surface area contributed by atoms with Crippen molar-refractivity contribution < 1.29 is 19.5 Å². The molecule has 0 aromatic heterocycles. The van der Waals surface area contributed by atoms with E-state index in [2.05, 4.69) is 24.2 Å². The lowest BCUT2D eigenvalue weighted by atomic mass is 9.96. The smallest absolute Gasteiger partial charge is 0.331 e. The third-order valence-corrected chi connectivity index (χ3v) is 5.72. The van der Waals surface area contributed by atoms with Gasteiger partial charge in [-0.3, -0.25) is 9.59 Å². The van der Waals surface area contributed by atoms with Crippen LogP contribution in [0.4, 0.5) is 0 Å². The van der Waals surface area contributed by atoms with Crippen LogP contribution in [0.1, 0.15) is 60.8 Å². The zero-order valence-corrected chi connectivity index (χ0v) is 20.1. The molecule has 1 aliphatic rings. The fraction of sp³-hybridized carbons (Fsp3) is 0.783. The number of hydrogen-bond acceptors (Lipinski definition) is 4. The fourth-order valence-corrected chi connectivity index (χ4v) is 3.67. The van der Waals surface area contributed by atoms with Crippen LogP contribution >= 0.6 is 0 Å². The third kappa shape index (κ3) is 9.74. The first-order chi connectivity index (χ1) is 14.0. The molecule has 0 aromatic carbocycles. The van der Waals surface area contributed by atoms with E-state index in [1.54, 1.807) is 13.1 Å². The molecule has 7 heteroatoms. The minimum absolute atomic E-state index is 0.0530. The Morgan fingerprint density at radius 3 is 2.20 bits per heavy atom. The number of carboxylic acids is 1. The number of hydrogen-bond donors (Lipinski definition) is 2. The summed E-state index contributed by atoms with van der Waals surface area (Å²) in [6.07, 6.45) is 6.32. The van der Waals surface area contributed by atoms with Crippen molar-refractivity contribution in [3.63, 3.8) is 0 Å². The van der Waals surface area contributed by atoms with E-state index < -0.39 is 12.0 Å². The maximum atomic E-state index is 12.5. The summed E-state index contributed by atoms with van der Waals surface area (Å²) in [5.41, 5.74) is 0.192. The molecule has 1 heterocycles. The predicted octanol–water partition coefficient (Wildman–Crippen LogP) is 3.01. The highest BCUT2D eigenvalue weighted by molar-refractivity contribution is 5.87. The molecule has 1 rings (SSSR count). The van der Waals surface area contributed by atoms with E-state index in [0.717, 1.165) is 5.92 Å². The SMILES string of the molecule is C/C(=C\[C@H](C(C)C)N(C)C(=O)[C@@H](NC=O)C(C)C)C(=O)O.CC[C@H]1CCCN(C)C1. The van der Waals surface area contributed by atoms with Gasteiger partial charge in [0.2, 0.25) is 12.3 Å². The predicted molar refractivity (Wildman–Crippen MR) is 121 cm³/mol. The van der Waals surface area contributed by atoms with Crippen LogP contribution in [-0.4, -0.2) is 72.5 Å². The Bertz CT molecular complexity index is 575. The van der Waals surface area contributed by atoms with E-state index in [1.807, 2.05) is 27.7 Å². The summed E-state index contributed by atoms with van der Waals surface area (Å²) in [5.74, 6) is -0.248. The van der Waals surface area contributed by atoms with E-state index in [1.165, 1.54) is 44.2 Å². The average molecular weight is 426 g/mol. The Balaban J connectivity index is 0.000000769. The maximum Gasteiger partial charge on any atom is 0.331 e. The Labute approximate surface area is 182 Å². The molecule has 0 bridgehead atoms. The van der Waals surface area contributed by atoms with Crippen LogP contribution < -0.4 is 5.32 Å². The van der Waals surface area contributed by atoms with Crippen molar-refractivity contribution in [2.75, 3.05) is 27.2 Å². The largest absolute Gasteiger partial charge is 0.478 e. The summed E-state index contributed by atoms with van der Waals surface area (Å²) in [5, 5.41) is 11.5. The molecule has 0 aliphatic carbocycles. The molecular weight excluding hydrogens is 382 g/mol. The Kier molecular flexibility index (Phi) is 13.3. The van der Waals surface area contributed by atoms with Gasteiger partial charge in [-0.2, -0.15) is 0 Å². The summed E-state index contributed by atoms with van der Waals surface area (Å²) in [6, 6.07) is -0.962. The highest BCUT2D eigenvalue weighted by Gasteiger charge is 2.29. The number of carboxylic acid groups (broad SMARTS) is 1. The first-order valence-electron chi connectivity index (χ1n) is 11.0. The lowest BCUT2D eigenvalue weighted by Crippen LogP contribution is -2.51. The number of aliphatic carboxylic acids is 1. The number of carbonyl (C=O) groups is 3. The molecule has 1 saturated heterocycles. The van der Waals surface area contributed by atoms with Gasteiger partial charge >= 0.3 is 5.97 Å². The molecular formula is C23H43N3O4. The standard InChI is InChI=1S/C15H26N2O4.C8H17N/c1-9(2)12(7-11(5)15(20)21)17(6)14(19)13(10(3)4)16-8-18;1-3-8-5-4-6-9(2)7-8/h7-10,12-13H,1-6H3,(H,16,18)(H,20,21);8H,3-7H2,1-2H3/b11-7+;/t12-,13+;8-/m10/s1. The van der Waals surface area contributed by atoms with Crippen LogP contribution in [0.3, 0.4) is 0 Å². The molecule has 0 unspecified atom stereocenters. The highest BCUT2D eigenvalue weighted by atomic mass is 16.4. The Morgan fingerprint density at radius 2 is 1.83 bits per heavy atom. The molecule has 1 aliphatic heterocycles. The normalized spacial score (nSPS) is 19.5. The van der Waals surface area contributed by atoms with Gasteiger partial charge in [0.25, 0.3) is 0 Å². The third-order valence-electron chi connectivity index (χ3n) is 5.72. The molecule has 2 N–H and O–H groups in total. The number of piperidine rings is 1. The van der Waals surface area contributed by atoms with Crippen molar-refractivity contribution in [1.29, 1.82) is 0 Å². The number of rotatable bonds is 9. The zero-order valence-electron chi connectivity index (χ0n) is 20.1. The van der Waals surface area contributed by atoms with Gasteiger partial charge in [0.05, 0.1) is 6.04 Å². The lowest BCUT2D eigenvalue weighted by Gasteiger charge is -2.33.